The van der Waals surface area contributed by atoms with E-state index in [1.54, 1.807) is 0 Å². The Kier molecular flexibility index (Phi) is 3.32. The summed E-state index contributed by atoms with van der Waals surface area (Å²) in [5.74, 6) is 0. The van der Waals surface area contributed by atoms with Crippen LogP contribution in [0.1, 0.15) is 23.2 Å². The van der Waals surface area contributed by atoms with Gasteiger partial charge in [-0.3, -0.25) is 4.79 Å². The molecule has 0 unspecified atom stereocenters. The Labute approximate surface area is 85.5 Å². The van der Waals surface area contributed by atoms with Crippen molar-refractivity contribution in [2.75, 3.05) is 0 Å². The number of nitrogens with one attached hydrogen (secondary N) is 1. The van der Waals surface area contributed by atoms with Crippen molar-refractivity contribution in [2.45, 2.75) is 19.2 Å². The Morgan fingerprint density at radius 2 is 1.94 bits per heavy atom. The fraction of sp³-hybridized carbons (Fsp3) is 0.375. The first-order chi connectivity index (χ1) is 7.27. The molecule has 16 heavy (non-hydrogen) atoms. The quantitative estimate of drug-likeness (QED) is 0.778. The fourth-order valence-corrected chi connectivity index (χ4v) is 1.23. The predicted molar refractivity (Wildman–Crippen MR) is 42.9 cm³/mol. The number of rotatable bonds is 2. The maximum atomic E-state index is 12.4. The third kappa shape index (κ3) is 2.38. The second-order valence-corrected chi connectivity index (χ2v) is 2.90. The van der Waals surface area contributed by atoms with Crippen LogP contribution in [0.5, 0.6) is 0 Å². The van der Waals surface area contributed by atoms with Crippen molar-refractivity contribution in [1.29, 1.82) is 0 Å². The Balaban J connectivity index is 3.58. The second-order valence-electron chi connectivity index (χ2n) is 2.90. The van der Waals surface area contributed by atoms with Gasteiger partial charge in [0.15, 0.2) is 0 Å². The standard InChI is InChI=1S/C8H6F5NO2/c9-7(10)5-3(2-15)1-4(16)14-6(5)8(11,12)13/h1,7,15H,2H2,(H,14,16). The van der Waals surface area contributed by atoms with Crippen molar-refractivity contribution in [3.63, 3.8) is 0 Å². The van der Waals surface area contributed by atoms with Crippen molar-refractivity contribution >= 4 is 0 Å². The molecule has 0 atom stereocenters. The molecule has 2 N–H and O–H groups in total. The van der Waals surface area contributed by atoms with Gasteiger partial charge in [0.25, 0.3) is 6.43 Å². The number of H-pyrrole nitrogens is 1. The van der Waals surface area contributed by atoms with E-state index in [0.717, 1.165) is 0 Å². The van der Waals surface area contributed by atoms with Crippen LogP contribution in [0.25, 0.3) is 0 Å². The molecule has 0 saturated carbocycles. The second kappa shape index (κ2) is 4.20. The highest BCUT2D eigenvalue weighted by Gasteiger charge is 2.38. The zero-order valence-corrected chi connectivity index (χ0v) is 7.61. The number of pyridine rings is 1. The molecule has 0 aliphatic heterocycles. The molecular weight excluding hydrogens is 237 g/mol. The normalized spacial score (nSPS) is 12.2. The first kappa shape index (κ1) is 12.6. The third-order valence-corrected chi connectivity index (χ3v) is 1.84. The summed E-state index contributed by atoms with van der Waals surface area (Å²) in [6.45, 7) is -1.06. The lowest BCUT2D eigenvalue weighted by Gasteiger charge is -2.14. The summed E-state index contributed by atoms with van der Waals surface area (Å²) in [4.78, 5) is 12.1. The summed E-state index contributed by atoms with van der Waals surface area (Å²) < 4.78 is 61.8. The minimum absolute atomic E-state index is 0.511. The van der Waals surface area contributed by atoms with E-state index in [-0.39, 0.29) is 0 Å². The van der Waals surface area contributed by atoms with Gasteiger partial charge in [0, 0.05) is 6.07 Å². The van der Waals surface area contributed by atoms with Crippen molar-refractivity contribution in [3.05, 3.63) is 33.2 Å². The van der Waals surface area contributed by atoms with Gasteiger partial charge in [-0.25, -0.2) is 8.78 Å². The van der Waals surface area contributed by atoms with E-state index in [9.17, 15) is 26.7 Å². The Morgan fingerprint density at radius 3 is 2.31 bits per heavy atom. The number of halogens is 5. The number of aliphatic hydroxyl groups excluding tert-OH is 1. The van der Waals surface area contributed by atoms with Crippen LogP contribution in [-0.2, 0) is 12.8 Å². The van der Waals surface area contributed by atoms with Gasteiger partial charge in [-0.15, -0.1) is 0 Å². The van der Waals surface area contributed by atoms with Gasteiger partial charge in [0.2, 0.25) is 5.56 Å². The number of aliphatic hydroxyl groups is 1. The zero-order chi connectivity index (χ0) is 12.5. The molecule has 0 aliphatic rings. The SMILES string of the molecule is O=c1cc(CO)c(C(F)F)c(C(F)(F)F)[nH]1. The van der Waals surface area contributed by atoms with Gasteiger partial charge in [-0.05, 0) is 5.56 Å². The highest BCUT2D eigenvalue weighted by Crippen LogP contribution is 2.35. The van der Waals surface area contributed by atoms with Crippen LogP contribution in [0.15, 0.2) is 10.9 Å². The molecule has 0 spiro atoms. The number of hydrogen-bond acceptors (Lipinski definition) is 2. The highest BCUT2D eigenvalue weighted by molar-refractivity contribution is 5.32. The summed E-state index contributed by atoms with van der Waals surface area (Å²) in [7, 11) is 0. The molecule has 0 radical (unpaired) electrons. The monoisotopic (exact) mass is 243 g/mol. The third-order valence-electron chi connectivity index (χ3n) is 1.84. The van der Waals surface area contributed by atoms with Crippen LogP contribution in [0.2, 0.25) is 0 Å². The summed E-state index contributed by atoms with van der Waals surface area (Å²) in [6.07, 6.45) is -8.54. The molecule has 1 heterocycles. The van der Waals surface area contributed by atoms with Crippen molar-refractivity contribution < 1.29 is 27.1 Å². The highest BCUT2D eigenvalue weighted by atomic mass is 19.4. The van der Waals surface area contributed by atoms with Gasteiger partial charge in [0.1, 0.15) is 5.69 Å². The van der Waals surface area contributed by atoms with Gasteiger partial charge in [-0.1, -0.05) is 0 Å². The minimum atomic E-state index is -5.10. The average Bonchev–Trinajstić information content (AvgIpc) is 2.14. The summed E-state index contributed by atoms with van der Waals surface area (Å²) in [6, 6.07) is 0.511. The molecule has 0 aliphatic carbocycles. The van der Waals surface area contributed by atoms with Crippen molar-refractivity contribution in [2.24, 2.45) is 0 Å². The molecule has 0 fully saturated rings. The van der Waals surface area contributed by atoms with Crippen LogP contribution in [0.4, 0.5) is 22.0 Å². The van der Waals surface area contributed by atoms with E-state index in [1.807, 2.05) is 0 Å². The Morgan fingerprint density at radius 1 is 1.38 bits per heavy atom. The van der Waals surface area contributed by atoms with E-state index >= 15 is 0 Å². The minimum Gasteiger partial charge on any atom is -0.392 e. The van der Waals surface area contributed by atoms with Crippen LogP contribution in [-0.4, -0.2) is 10.1 Å². The molecule has 90 valence electrons. The predicted octanol–water partition coefficient (Wildman–Crippen LogP) is 1.82. The lowest BCUT2D eigenvalue weighted by Crippen LogP contribution is -2.21. The largest absolute Gasteiger partial charge is 0.431 e. The number of aromatic amines is 1. The van der Waals surface area contributed by atoms with E-state index in [1.165, 1.54) is 4.98 Å². The Hall–Kier alpha value is -1.44. The van der Waals surface area contributed by atoms with Crippen LogP contribution >= 0.6 is 0 Å². The summed E-state index contributed by atoms with van der Waals surface area (Å²) in [5, 5.41) is 8.63. The Bertz CT molecular complexity index is 437. The van der Waals surface area contributed by atoms with Crippen LogP contribution in [0.3, 0.4) is 0 Å². The molecule has 0 bridgehead atoms. The number of hydrogen-bond donors (Lipinski definition) is 2. The zero-order valence-electron chi connectivity index (χ0n) is 7.61. The summed E-state index contributed by atoms with van der Waals surface area (Å²) >= 11 is 0. The molecular formula is C8H6F5NO2. The maximum Gasteiger partial charge on any atom is 0.431 e. The van der Waals surface area contributed by atoms with Crippen LogP contribution in [0, 0.1) is 0 Å². The first-order valence-electron chi connectivity index (χ1n) is 3.99. The molecule has 0 saturated heterocycles. The van der Waals surface area contributed by atoms with Crippen molar-refractivity contribution in [1.82, 2.24) is 4.98 Å². The van der Waals surface area contributed by atoms with Crippen LogP contribution < -0.4 is 5.56 Å². The number of aromatic nitrogens is 1. The molecule has 3 nitrogen and oxygen atoms in total. The van der Waals surface area contributed by atoms with Gasteiger partial charge >= 0.3 is 6.18 Å². The summed E-state index contributed by atoms with van der Waals surface area (Å²) in [5.41, 5.74) is -5.14. The van der Waals surface area contributed by atoms with Gasteiger partial charge in [-0.2, -0.15) is 13.2 Å². The van der Waals surface area contributed by atoms with E-state index in [2.05, 4.69) is 0 Å². The van der Waals surface area contributed by atoms with Crippen molar-refractivity contribution in [3.8, 4) is 0 Å². The van der Waals surface area contributed by atoms with Gasteiger partial charge < -0.3 is 10.1 Å². The number of alkyl halides is 5. The van der Waals surface area contributed by atoms with Gasteiger partial charge in [0.05, 0.1) is 12.2 Å². The molecule has 0 amide bonds. The topological polar surface area (TPSA) is 53.1 Å². The fourth-order valence-electron chi connectivity index (χ4n) is 1.23. The molecule has 1 aromatic rings. The lowest BCUT2D eigenvalue weighted by molar-refractivity contribution is -0.143. The molecule has 0 aromatic carbocycles. The maximum absolute atomic E-state index is 12.4. The van der Waals surface area contributed by atoms with E-state index in [4.69, 9.17) is 5.11 Å². The first-order valence-corrected chi connectivity index (χ1v) is 3.99. The smallest absolute Gasteiger partial charge is 0.392 e. The molecule has 8 heteroatoms. The average molecular weight is 243 g/mol. The molecule has 1 rings (SSSR count). The van der Waals surface area contributed by atoms with E-state index < -0.39 is 41.6 Å². The van der Waals surface area contributed by atoms with E-state index in [0.29, 0.717) is 6.07 Å². The lowest BCUT2D eigenvalue weighted by atomic mass is 10.1. The molecule has 1 aromatic heterocycles.